The molecule has 4 heteroatoms. The quantitative estimate of drug-likeness (QED) is 0.921. The Morgan fingerprint density at radius 2 is 1.95 bits per heavy atom. The number of rotatable bonds is 4. The standard InChI is InChI=1S/C17H29N3O/c1-12-6-7-15(8-13(12)2)21-16-11-18-9-14(20-16)10-19-17(3,4)5/h9,11-13,15,19H,6-8,10H2,1-5H3. The zero-order valence-corrected chi connectivity index (χ0v) is 14.0. The van der Waals surface area contributed by atoms with Crippen molar-refractivity contribution in [1.82, 2.24) is 15.3 Å². The van der Waals surface area contributed by atoms with Gasteiger partial charge in [-0.3, -0.25) is 4.98 Å². The molecule has 1 aromatic heterocycles. The first kappa shape index (κ1) is 16.2. The second-order valence-corrected chi connectivity index (χ2v) is 7.46. The maximum Gasteiger partial charge on any atom is 0.232 e. The van der Waals surface area contributed by atoms with Crippen LogP contribution in [0, 0.1) is 11.8 Å². The van der Waals surface area contributed by atoms with Crippen LogP contribution in [-0.4, -0.2) is 21.6 Å². The average molecular weight is 291 g/mol. The summed E-state index contributed by atoms with van der Waals surface area (Å²) in [7, 11) is 0. The van der Waals surface area contributed by atoms with Crippen molar-refractivity contribution in [1.29, 1.82) is 0 Å². The van der Waals surface area contributed by atoms with Gasteiger partial charge in [0.2, 0.25) is 5.88 Å². The van der Waals surface area contributed by atoms with Crippen LogP contribution in [-0.2, 0) is 6.54 Å². The van der Waals surface area contributed by atoms with E-state index in [1.54, 1.807) is 12.4 Å². The van der Waals surface area contributed by atoms with Crippen LogP contribution < -0.4 is 10.1 Å². The number of hydrogen-bond donors (Lipinski definition) is 1. The summed E-state index contributed by atoms with van der Waals surface area (Å²) in [4.78, 5) is 8.82. The molecule has 1 aromatic rings. The minimum absolute atomic E-state index is 0.0769. The Labute approximate surface area is 128 Å². The van der Waals surface area contributed by atoms with Crippen LogP contribution in [0.5, 0.6) is 5.88 Å². The monoisotopic (exact) mass is 291 g/mol. The Balaban J connectivity index is 1.92. The number of nitrogens with zero attached hydrogens (tertiary/aromatic N) is 2. The third-order valence-electron chi connectivity index (χ3n) is 4.30. The molecule has 2 rings (SSSR count). The molecule has 0 amide bonds. The Bertz CT molecular complexity index is 456. The van der Waals surface area contributed by atoms with Gasteiger partial charge in [0, 0.05) is 18.3 Å². The van der Waals surface area contributed by atoms with Gasteiger partial charge in [-0.2, -0.15) is 0 Å². The average Bonchev–Trinajstić information content (AvgIpc) is 2.40. The van der Waals surface area contributed by atoms with Gasteiger partial charge in [0.05, 0.1) is 11.9 Å². The van der Waals surface area contributed by atoms with Crippen LogP contribution in [0.2, 0.25) is 0 Å². The molecule has 4 nitrogen and oxygen atoms in total. The molecule has 0 aliphatic heterocycles. The SMILES string of the molecule is CC1CCC(Oc2cncc(CNC(C)(C)C)n2)CC1C. The predicted molar refractivity (Wildman–Crippen MR) is 85.2 cm³/mol. The zero-order chi connectivity index (χ0) is 15.5. The highest BCUT2D eigenvalue weighted by Crippen LogP contribution is 2.31. The summed E-state index contributed by atoms with van der Waals surface area (Å²) in [6.07, 6.45) is 7.30. The molecule has 1 saturated carbocycles. The van der Waals surface area contributed by atoms with Gasteiger partial charge < -0.3 is 10.1 Å². The lowest BCUT2D eigenvalue weighted by molar-refractivity contribution is 0.0958. The normalized spacial score (nSPS) is 26.6. The Morgan fingerprint density at radius 1 is 1.19 bits per heavy atom. The maximum absolute atomic E-state index is 6.05. The van der Waals surface area contributed by atoms with E-state index in [2.05, 4.69) is 49.9 Å². The van der Waals surface area contributed by atoms with E-state index in [0.717, 1.165) is 30.4 Å². The summed E-state index contributed by atoms with van der Waals surface area (Å²) < 4.78 is 6.05. The second kappa shape index (κ2) is 6.73. The van der Waals surface area contributed by atoms with E-state index in [1.807, 2.05) is 0 Å². The first-order valence-corrected chi connectivity index (χ1v) is 8.06. The number of ether oxygens (including phenoxy) is 1. The topological polar surface area (TPSA) is 47.0 Å². The van der Waals surface area contributed by atoms with Crippen molar-refractivity contribution in [2.75, 3.05) is 0 Å². The van der Waals surface area contributed by atoms with Crippen molar-refractivity contribution in [2.24, 2.45) is 11.8 Å². The highest BCUT2D eigenvalue weighted by Gasteiger charge is 2.26. The number of nitrogens with one attached hydrogen (secondary N) is 1. The smallest absolute Gasteiger partial charge is 0.232 e. The van der Waals surface area contributed by atoms with E-state index in [4.69, 9.17) is 4.74 Å². The van der Waals surface area contributed by atoms with E-state index in [0.29, 0.717) is 12.4 Å². The highest BCUT2D eigenvalue weighted by molar-refractivity contribution is 5.09. The van der Waals surface area contributed by atoms with E-state index in [-0.39, 0.29) is 11.6 Å². The molecule has 1 heterocycles. The molecule has 1 aliphatic rings. The Hall–Kier alpha value is -1.16. The molecule has 0 bridgehead atoms. The summed E-state index contributed by atoms with van der Waals surface area (Å²) in [6, 6.07) is 0. The third kappa shape index (κ3) is 5.27. The van der Waals surface area contributed by atoms with Crippen LogP contribution in [0.25, 0.3) is 0 Å². The molecule has 0 radical (unpaired) electrons. The van der Waals surface area contributed by atoms with E-state index < -0.39 is 0 Å². The first-order chi connectivity index (χ1) is 9.83. The van der Waals surface area contributed by atoms with E-state index in [9.17, 15) is 0 Å². The molecule has 21 heavy (non-hydrogen) atoms. The summed E-state index contributed by atoms with van der Waals surface area (Å²) in [6.45, 7) is 11.8. The molecule has 0 spiro atoms. The molecular weight excluding hydrogens is 262 g/mol. The largest absolute Gasteiger partial charge is 0.473 e. The lowest BCUT2D eigenvalue weighted by Gasteiger charge is -2.31. The maximum atomic E-state index is 6.05. The molecule has 3 unspecified atom stereocenters. The van der Waals surface area contributed by atoms with Gasteiger partial charge in [-0.25, -0.2) is 4.98 Å². The van der Waals surface area contributed by atoms with Crippen molar-refractivity contribution < 1.29 is 4.74 Å². The van der Waals surface area contributed by atoms with Crippen molar-refractivity contribution in [3.05, 3.63) is 18.1 Å². The van der Waals surface area contributed by atoms with Crippen LogP contribution in [0.4, 0.5) is 0 Å². The molecule has 0 aromatic carbocycles. The number of aromatic nitrogens is 2. The van der Waals surface area contributed by atoms with Crippen LogP contribution >= 0.6 is 0 Å². The first-order valence-electron chi connectivity index (χ1n) is 8.06. The van der Waals surface area contributed by atoms with Crippen molar-refractivity contribution in [3.63, 3.8) is 0 Å². The lowest BCUT2D eigenvalue weighted by Crippen LogP contribution is -2.35. The fourth-order valence-electron chi connectivity index (χ4n) is 2.66. The predicted octanol–water partition coefficient (Wildman–Crippen LogP) is 3.57. The van der Waals surface area contributed by atoms with Gasteiger partial charge >= 0.3 is 0 Å². The molecule has 1 N–H and O–H groups in total. The van der Waals surface area contributed by atoms with Crippen molar-refractivity contribution in [3.8, 4) is 5.88 Å². The molecule has 0 saturated heterocycles. The molecule has 1 fully saturated rings. The minimum Gasteiger partial charge on any atom is -0.473 e. The Morgan fingerprint density at radius 3 is 2.62 bits per heavy atom. The van der Waals surface area contributed by atoms with Gasteiger partial charge in [0.1, 0.15) is 6.10 Å². The van der Waals surface area contributed by atoms with Gasteiger partial charge in [-0.1, -0.05) is 13.8 Å². The molecule has 118 valence electrons. The van der Waals surface area contributed by atoms with E-state index >= 15 is 0 Å². The van der Waals surface area contributed by atoms with Gasteiger partial charge in [-0.05, 0) is 51.9 Å². The summed E-state index contributed by atoms with van der Waals surface area (Å²) in [5.41, 5.74) is 1.01. The molecule has 3 atom stereocenters. The van der Waals surface area contributed by atoms with Crippen LogP contribution in [0.1, 0.15) is 59.6 Å². The summed E-state index contributed by atoms with van der Waals surface area (Å²) >= 11 is 0. The summed E-state index contributed by atoms with van der Waals surface area (Å²) in [5, 5.41) is 3.42. The van der Waals surface area contributed by atoms with Crippen molar-refractivity contribution >= 4 is 0 Å². The van der Waals surface area contributed by atoms with Crippen LogP contribution in [0.3, 0.4) is 0 Å². The highest BCUT2D eigenvalue weighted by atomic mass is 16.5. The van der Waals surface area contributed by atoms with Gasteiger partial charge in [-0.15, -0.1) is 0 Å². The van der Waals surface area contributed by atoms with E-state index in [1.165, 1.54) is 6.42 Å². The number of hydrogen-bond acceptors (Lipinski definition) is 4. The Kier molecular flexibility index (Phi) is 5.20. The lowest BCUT2D eigenvalue weighted by atomic mass is 9.80. The second-order valence-electron chi connectivity index (χ2n) is 7.46. The minimum atomic E-state index is 0.0769. The van der Waals surface area contributed by atoms with Crippen LogP contribution in [0.15, 0.2) is 12.4 Å². The molecule has 1 aliphatic carbocycles. The van der Waals surface area contributed by atoms with Gasteiger partial charge in [0.15, 0.2) is 0 Å². The molecular formula is C17H29N3O. The third-order valence-corrected chi connectivity index (χ3v) is 4.30. The fraction of sp³-hybridized carbons (Fsp3) is 0.765. The zero-order valence-electron chi connectivity index (χ0n) is 14.0. The summed E-state index contributed by atoms with van der Waals surface area (Å²) in [5.74, 6) is 2.19. The van der Waals surface area contributed by atoms with Crippen molar-refractivity contribution in [2.45, 2.75) is 72.1 Å². The fourth-order valence-corrected chi connectivity index (χ4v) is 2.66. The van der Waals surface area contributed by atoms with Gasteiger partial charge in [0.25, 0.3) is 0 Å².